The molecule has 1 rings (SSSR count). The fourth-order valence-corrected chi connectivity index (χ4v) is 0.873. The number of aromatic carboxylic acids is 1. The second-order valence-corrected chi connectivity index (χ2v) is 2.18. The highest BCUT2D eigenvalue weighted by atomic mass is 19.2. The van der Waals surface area contributed by atoms with Crippen molar-refractivity contribution < 1.29 is 18.5 Å². The van der Waals surface area contributed by atoms with Crippen molar-refractivity contribution >= 4 is 18.7 Å². The molecule has 0 aliphatic heterocycles. The quantitative estimate of drug-likeness (QED) is 0.569. The van der Waals surface area contributed by atoms with Crippen LogP contribution in [-0.2, 0) is 0 Å². The Bertz CT molecular complexity index is 301. The minimum absolute atomic E-state index is 0.451. The summed E-state index contributed by atoms with van der Waals surface area (Å²) < 4.78 is 24.2. The lowest BCUT2D eigenvalue weighted by molar-refractivity contribution is -0.254. The van der Waals surface area contributed by atoms with Gasteiger partial charge in [0, 0.05) is 5.46 Å². The lowest BCUT2D eigenvalue weighted by atomic mass is 9.82. The first-order valence-electron chi connectivity index (χ1n) is 3.21. The fraction of sp³-hybridized carbons (Fsp3) is 0. The van der Waals surface area contributed by atoms with Crippen LogP contribution in [0.4, 0.5) is 8.63 Å². The Morgan fingerprint density at radius 1 is 1.33 bits per heavy atom. The van der Waals surface area contributed by atoms with Crippen molar-refractivity contribution in [3.8, 4) is 0 Å². The number of hydrogen-bond donors (Lipinski definition) is 0. The second-order valence-electron chi connectivity index (χ2n) is 2.18. The Morgan fingerprint density at radius 2 is 1.92 bits per heavy atom. The van der Waals surface area contributed by atoms with Gasteiger partial charge < -0.3 is 9.90 Å². The topological polar surface area (TPSA) is 40.1 Å². The molecule has 0 N–H and O–H groups in total. The van der Waals surface area contributed by atoms with Crippen molar-refractivity contribution in [2.75, 3.05) is 0 Å². The molecule has 1 aromatic rings. The largest absolute Gasteiger partial charge is 0.572 e. The first-order valence-corrected chi connectivity index (χ1v) is 3.21. The van der Waals surface area contributed by atoms with Gasteiger partial charge in [-0.25, -0.2) is 0 Å². The van der Waals surface area contributed by atoms with E-state index in [2.05, 4.69) is 0 Å². The molecule has 0 aromatic heterocycles. The molecule has 0 amide bonds. The normalized spacial score (nSPS) is 9.50. The molecule has 62 valence electrons. The number of carboxylic acid groups (broad SMARTS) is 1. The molecule has 0 bridgehead atoms. The SMILES string of the molecule is O=C([O-])c1ccccc1B(F)F. The van der Waals surface area contributed by atoms with Crippen LogP contribution < -0.4 is 10.6 Å². The number of carbonyl (C=O) groups excluding carboxylic acids is 1. The Balaban J connectivity index is 3.17. The van der Waals surface area contributed by atoms with Crippen molar-refractivity contribution in [1.82, 2.24) is 0 Å². The number of halogens is 2. The van der Waals surface area contributed by atoms with Gasteiger partial charge in [-0.3, -0.25) is 8.63 Å². The first kappa shape index (κ1) is 8.71. The maximum absolute atomic E-state index is 12.1. The van der Waals surface area contributed by atoms with Crippen LogP contribution in [0.15, 0.2) is 24.3 Å². The molecule has 0 aliphatic rings. The molecular formula is C7H4BF2O2-. The van der Waals surface area contributed by atoms with Gasteiger partial charge in [0.1, 0.15) is 0 Å². The molecule has 0 fully saturated rings. The van der Waals surface area contributed by atoms with Crippen LogP contribution in [0.5, 0.6) is 0 Å². The Morgan fingerprint density at radius 3 is 2.33 bits per heavy atom. The molecule has 5 heteroatoms. The highest BCUT2D eigenvalue weighted by molar-refractivity contribution is 6.61. The molecule has 0 unspecified atom stereocenters. The minimum atomic E-state index is -2.78. The molecule has 0 aliphatic carbocycles. The predicted molar refractivity (Wildman–Crippen MR) is 38.4 cm³/mol. The number of carboxylic acids is 1. The Hall–Kier alpha value is -1.39. The zero-order chi connectivity index (χ0) is 9.14. The number of hydrogen-bond acceptors (Lipinski definition) is 2. The van der Waals surface area contributed by atoms with Gasteiger partial charge in [-0.2, -0.15) is 0 Å². The van der Waals surface area contributed by atoms with Gasteiger partial charge >= 0.3 is 7.27 Å². The molecule has 12 heavy (non-hydrogen) atoms. The minimum Gasteiger partial charge on any atom is -0.545 e. The van der Waals surface area contributed by atoms with Gasteiger partial charge in [0.15, 0.2) is 0 Å². The molecule has 0 spiro atoms. The zero-order valence-electron chi connectivity index (χ0n) is 5.96. The smallest absolute Gasteiger partial charge is 0.545 e. The number of rotatable bonds is 2. The van der Waals surface area contributed by atoms with Crippen molar-refractivity contribution in [2.24, 2.45) is 0 Å². The van der Waals surface area contributed by atoms with Crippen molar-refractivity contribution in [2.45, 2.75) is 0 Å². The lowest BCUT2D eigenvalue weighted by Crippen LogP contribution is -2.34. The van der Waals surface area contributed by atoms with Crippen LogP contribution in [-0.4, -0.2) is 13.2 Å². The van der Waals surface area contributed by atoms with E-state index in [0.717, 1.165) is 12.1 Å². The monoisotopic (exact) mass is 169 g/mol. The van der Waals surface area contributed by atoms with Crippen molar-refractivity contribution in [3.05, 3.63) is 29.8 Å². The molecule has 2 nitrogen and oxygen atoms in total. The van der Waals surface area contributed by atoms with Gasteiger partial charge in [-0.1, -0.05) is 24.3 Å². The van der Waals surface area contributed by atoms with Gasteiger partial charge in [-0.15, -0.1) is 0 Å². The van der Waals surface area contributed by atoms with Crippen LogP contribution in [0.3, 0.4) is 0 Å². The summed E-state index contributed by atoms with van der Waals surface area (Å²) in [5.41, 5.74) is -0.954. The molecule has 0 atom stereocenters. The van der Waals surface area contributed by atoms with E-state index < -0.39 is 24.3 Å². The average Bonchev–Trinajstić information content (AvgIpc) is 2.04. The van der Waals surface area contributed by atoms with Crippen LogP contribution in [0.2, 0.25) is 0 Å². The molecule has 0 radical (unpaired) electrons. The van der Waals surface area contributed by atoms with E-state index in [0.29, 0.717) is 0 Å². The van der Waals surface area contributed by atoms with Crippen molar-refractivity contribution in [3.63, 3.8) is 0 Å². The van der Waals surface area contributed by atoms with E-state index >= 15 is 0 Å². The second kappa shape index (κ2) is 3.34. The maximum Gasteiger partial charge on any atom is 0.572 e. The van der Waals surface area contributed by atoms with E-state index in [9.17, 15) is 18.5 Å². The van der Waals surface area contributed by atoms with Crippen LogP contribution in [0, 0.1) is 0 Å². The van der Waals surface area contributed by atoms with E-state index in [1.807, 2.05) is 0 Å². The van der Waals surface area contributed by atoms with Crippen molar-refractivity contribution in [1.29, 1.82) is 0 Å². The molecule has 1 aromatic carbocycles. The van der Waals surface area contributed by atoms with E-state index in [1.54, 1.807) is 0 Å². The highest BCUT2D eigenvalue weighted by Gasteiger charge is 2.19. The predicted octanol–water partition coefficient (Wildman–Crippen LogP) is -0.316. The van der Waals surface area contributed by atoms with E-state index in [1.165, 1.54) is 12.1 Å². The molecule has 0 heterocycles. The number of benzene rings is 1. The molecule has 0 saturated heterocycles. The van der Waals surface area contributed by atoms with Crippen LogP contribution in [0.1, 0.15) is 10.4 Å². The summed E-state index contributed by atoms with van der Waals surface area (Å²) in [6, 6.07) is 4.89. The van der Waals surface area contributed by atoms with Gasteiger partial charge in [0.25, 0.3) is 0 Å². The van der Waals surface area contributed by atoms with Crippen LogP contribution >= 0.6 is 0 Å². The summed E-state index contributed by atoms with van der Waals surface area (Å²) in [4.78, 5) is 10.3. The van der Waals surface area contributed by atoms with Gasteiger partial charge in [0.05, 0.1) is 5.97 Å². The summed E-state index contributed by atoms with van der Waals surface area (Å²) in [6.07, 6.45) is 0. The summed E-state index contributed by atoms with van der Waals surface area (Å²) >= 11 is 0. The number of carbonyl (C=O) groups is 1. The Labute approximate surface area is 68.0 Å². The third kappa shape index (κ3) is 1.61. The molecule has 0 saturated carbocycles. The first-order chi connectivity index (χ1) is 5.63. The third-order valence-corrected chi connectivity index (χ3v) is 1.42. The zero-order valence-corrected chi connectivity index (χ0v) is 5.96. The van der Waals surface area contributed by atoms with Gasteiger partial charge in [0.2, 0.25) is 0 Å². The third-order valence-electron chi connectivity index (χ3n) is 1.42. The van der Waals surface area contributed by atoms with Crippen LogP contribution in [0.25, 0.3) is 0 Å². The summed E-state index contributed by atoms with van der Waals surface area (Å²) in [6.45, 7) is 0. The summed E-state index contributed by atoms with van der Waals surface area (Å²) in [5.74, 6) is -1.58. The summed E-state index contributed by atoms with van der Waals surface area (Å²) in [7, 11) is -2.78. The Kier molecular flexibility index (Phi) is 2.42. The molecular weight excluding hydrogens is 165 g/mol. The fourth-order valence-electron chi connectivity index (χ4n) is 0.873. The van der Waals surface area contributed by atoms with E-state index in [-0.39, 0.29) is 0 Å². The lowest BCUT2D eigenvalue weighted by Gasteiger charge is -2.06. The maximum atomic E-state index is 12.1. The standard InChI is InChI=1S/C7H5BF2O2/c9-8(10)6-4-2-1-3-5(6)7(11)12/h1-4H,(H,11,12)/p-1. The van der Waals surface area contributed by atoms with Gasteiger partial charge in [-0.05, 0) is 5.56 Å². The highest BCUT2D eigenvalue weighted by Crippen LogP contribution is 1.98. The summed E-state index contributed by atoms with van der Waals surface area (Å²) in [5, 5.41) is 10.3. The van der Waals surface area contributed by atoms with E-state index in [4.69, 9.17) is 0 Å². The average molecular weight is 169 g/mol.